The summed E-state index contributed by atoms with van der Waals surface area (Å²) in [6.45, 7) is 5.28. The summed E-state index contributed by atoms with van der Waals surface area (Å²) in [6.07, 6.45) is 2.25. The van der Waals surface area contributed by atoms with Crippen molar-refractivity contribution < 1.29 is 19.4 Å². The third kappa shape index (κ3) is 7.21. The highest BCUT2D eigenvalue weighted by Crippen LogP contribution is 2.37. The number of hydrogen-bond acceptors (Lipinski definition) is 5. The molecule has 1 aliphatic rings. The van der Waals surface area contributed by atoms with Gasteiger partial charge in [0.25, 0.3) is 0 Å². The molecule has 38 heavy (non-hydrogen) atoms. The van der Waals surface area contributed by atoms with E-state index in [0.717, 1.165) is 48.4 Å². The number of halogens is 1. The lowest BCUT2D eigenvalue weighted by Gasteiger charge is -2.43. The van der Waals surface area contributed by atoms with Crippen molar-refractivity contribution >= 4 is 17.5 Å². The number of nitrogens with zero attached hydrogens (tertiary/aromatic N) is 2. The maximum Gasteiger partial charge on any atom is 0.223 e. The summed E-state index contributed by atoms with van der Waals surface area (Å²) in [5, 5.41) is 11.0. The van der Waals surface area contributed by atoms with Crippen molar-refractivity contribution in [2.45, 2.75) is 39.3 Å². The highest BCUT2D eigenvalue weighted by Gasteiger charge is 2.39. The van der Waals surface area contributed by atoms with Gasteiger partial charge in [0.1, 0.15) is 5.75 Å². The Morgan fingerprint density at radius 1 is 1.11 bits per heavy atom. The summed E-state index contributed by atoms with van der Waals surface area (Å²) >= 11 is 6.22. The topological polar surface area (TPSA) is 62.2 Å². The predicted octanol–water partition coefficient (Wildman–Crippen LogP) is 6.07. The van der Waals surface area contributed by atoms with Gasteiger partial charge < -0.3 is 19.5 Å². The van der Waals surface area contributed by atoms with Crippen LogP contribution in [-0.4, -0.2) is 54.7 Å². The molecular weight excluding hydrogens is 500 g/mol. The molecule has 3 aromatic carbocycles. The van der Waals surface area contributed by atoms with Crippen molar-refractivity contribution in [3.8, 4) is 17.2 Å². The molecule has 1 N–H and O–H groups in total. The molecule has 0 aromatic heterocycles. The van der Waals surface area contributed by atoms with Crippen LogP contribution >= 0.6 is 11.6 Å². The Morgan fingerprint density at radius 3 is 2.61 bits per heavy atom. The normalized spacial score (nSPS) is 17.7. The average molecular weight is 537 g/mol. The first-order valence-electron chi connectivity index (χ1n) is 13.0. The zero-order valence-electron chi connectivity index (χ0n) is 22.5. The van der Waals surface area contributed by atoms with Gasteiger partial charge in [-0.15, -0.1) is 0 Å². The average Bonchev–Trinajstić information content (AvgIpc) is 2.90. The number of amides is 1. The number of rotatable bonds is 10. The Labute approximate surface area is 230 Å². The summed E-state index contributed by atoms with van der Waals surface area (Å²) < 4.78 is 11.5. The van der Waals surface area contributed by atoms with Gasteiger partial charge in [-0.05, 0) is 73.3 Å². The summed E-state index contributed by atoms with van der Waals surface area (Å²) in [4.78, 5) is 17.7. The molecule has 1 amide bonds. The van der Waals surface area contributed by atoms with Crippen molar-refractivity contribution in [2.75, 3.05) is 33.9 Å². The van der Waals surface area contributed by atoms with Crippen molar-refractivity contribution in [1.82, 2.24) is 9.80 Å². The molecule has 0 radical (unpaired) electrons. The fourth-order valence-electron chi connectivity index (χ4n) is 5.19. The van der Waals surface area contributed by atoms with Gasteiger partial charge in [-0.2, -0.15) is 0 Å². The Kier molecular flexibility index (Phi) is 9.18. The number of carbonyl (C=O) groups is 1. The minimum atomic E-state index is -0.345. The largest absolute Gasteiger partial charge is 0.504 e. The van der Waals surface area contributed by atoms with Crippen molar-refractivity contribution in [3.05, 3.63) is 88.4 Å². The molecule has 6 nitrogen and oxygen atoms in total. The van der Waals surface area contributed by atoms with E-state index in [-0.39, 0.29) is 17.1 Å². The number of hydrogen-bond donors (Lipinski definition) is 1. The smallest absolute Gasteiger partial charge is 0.223 e. The Hall–Kier alpha value is -3.22. The first-order chi connectivity index (χ1) is 18.3. The van der Waals surface area contributed by atoms with Gasteiger partial charge in [-0.1, -0.05) is 48.0 Å². The van der Waals surface area contributed by atoms with Crippen molar-refractivity contribution in [2.24, 2.45) is 5.41 Å². The second-order valence-electron chi connectivity index (χ2n) is 10.4. The molecule has 1 fully saturated rings. The first kappa shape index (κ1) is 27.8. The van der Waals surface area contributed by atoms with Gasteiger partial charge in [0.15, 0.2) is 11.5 Å². The number of benzene rings is 3. The molecule has 1 heterocycles. The van der Waals surface area contributed by atoms with Crippen LogP contribution < -0.4 is 9.47 Å². The van der Waals surface area contributed by atoms with E-state index in [9.17, 15) is 9.90 Å². The van der Waals surface area contributed by atoms with E-state index in [1.54, 1.807) is 19.2 Å². The van der Waals surface area contributed by atoms with Gasteiger partial charge in [-0.3, -0.25) is 9.69 Å². The van der Waals surface area contributed by atoms with Crippen LogP contribution in [0, 0.1) is 12.3 Å². The van der Waals surface area contributed by atoms with Gasteiger partial charge in [0.2, 0.25) is 5.91 Å². The van der Waals surface area contributed by atoms with E-state index in [1.165, 1.54) is 0 Å². The molecule has 1 atom stereocenters. The predicted molar refractivity (Wildman–Crippen MR) is 151 cm³/mol. The minimum absolute atomic E-state index is 0.105. The third-order valence-corrected chi connectivity index (χ3v) is 7.70. The van der Waals surface area contributed by atoms with Crippen molar-refractivity contribution in [3.63, 3.8) is 0 Å². The number of phenols is 1. The molecule has 3 aromatic rings. The molecule has 0 spiro atoms. The lowest BCUT2D eigenvalue weighted by Crippen LogP contribution is -2.48. The highest BCUT2D eigenvalue weighted by molar-refractivity contribution is 6.31. The van der Waals surface area contributed by atoms with E-state index >= 15 is 0 Å². The Bertz CT molecular complexity index is 1240. The van der Waals surface area contributed by atoms with E-state index in [2.05, 4.69) is 4.90 Å². The number of carbonyl (C=O) groups excluding carboxylic acids is 1. The SMILES string of the molecule is COc1ccc(CN2CCCC(COc3ccc(Cl)c(C)c3)(CC(=O)N(C)Cc3ccccc3)C2)cc1O. The number of ether oxygens (including phenoxy) is 2. The van der Waals surface area contributed by atoms with Crippen LogP contribution in [-0.2, 0) is 17.9 Å². The summed E-state index contributed by atoms with van der Waals surface area (Å²) in [7, 11) is 3.41. The van der Waals surface area contributed by atoms with E-state index in [0.29, 0.717) is 36.9 Å². The molecule has 202 valence electrons. The second kappa shape index (κ2) is 12.5. The van der Waals surface area contributed by atoms with Crippen LogP contribution in [0.1, 0.15) is 36.0 Å². The fourth-order valence-corrected chi connectivity index (χ4v) is 5.31. The maximum absolute atomic E-state index is 13.5. The standard InChI is InChI=1S/C31H37ClN2O4/c1-23-16-26(11-12-27(23)32)38-22-31(18-30(36)33(2)19-24-8-5-4-6-9-24)14-7-15-34(21-31)20-25-10-13-29(37-3)28(35)17-25/h4-6,8-13,16-17,35H,7,14-15,18-22H2,1-3H3. The van der Waals surface area contributed by atoms with E-state index < -0.39 is 0 Å². The fraction of sp³-hybridized carbons (Fsp3) is 0.387. The molecule has 0 aliphatic carbocycles. The number of piperidine rings is 1. The third-order valence-electron chi connectivity index (χ3n) is 7.28. The highest BCUT2D eigenvalue weighted by atomic mass is 35.5. The van der Waals surface area contributed by atoms with Crippen LogP contribution in [0.4, 0.5) is 0 Å². The molecular formula is C31H37ClN2O4. The second-order valence-corrected chi connectivity index (χ2v) is 10.8. The number of likely N-dealkylation sites (tertiary alicyclic amines) is 1. The maximum atomic E-state index is 13.5. The zero-order valence-corrected chi connectivity index (χ0v) is 23.2. The van der Waals surface area contributed by atoms with E-state index in [1.807, 2.05) is 73.5 Å². The molecule has 0 saturated carbocycles. The molecule has 1 saturated heterocycles. The van der Waals surface area contributed by atoms with Crippen LogP contribution in [0.15, 0.2) is 66.7 Å². The molecule has 1 aliphatic heterocycles. The van der Waals surface area contributed by atoms with Gasteiger partial charge in [0, 0.05) is 43.5 Å². The van der Waals surface area contributed by atoms with Gasteiger partial charge in [0.05, 0.1) is 13.7 Å². The summed E-state index contributed by atoms with van der Waals surface area (Å²) in [5.41, 5.74) is 2.72. The minimum Gasteiger partial charge on any atom is -0.504 e. The van der Waals surface area contributed by atoms with Crippen LogP contribution in [0.5, 0.6) is 17.2 Å². The number of aromatic hydroxyl groups is 1. The molecule has 1 unspecified atom stereocenters. The molecule has 0 bridgehead atoms. The number of phenolic OH excluding ortho intramolecular Hbond substituents is 1. The summed E-state index contributed by atoms with van der Waals surface area (Å²) in [5.74, 6) is 1.45. The monoisotopic (exact) mass is 536 g/mol. The summed E-state index contributed by atoms with van der Waals surface area (Å²) in [6, 6.07) is 21.2. The zero-order chi connectivity index (χ0) is 27.1. The first-order valence-corrected chi connectivity index (χ1v) is 13.4. The quantitative estimate of drug-likeness (QED) is 0.340. The van der Waals surface area contributed by atoms with Crippen LogP contribution in [0.25, 0.3) is 0 Å². The van der Waals surface area contributed by atoms with Crippen molar-refractivity contribution in [1.29, 1.82) is 0 Å². The van der Waals surface area contributed by atoms with Gasteiger partial charge in [-0.25, -0.2) is 0 Å². The van der Waals surface area contributed by atoms with Gasteiger partial charge >= 0.3 is 0 Å². The van der Waals surface area contributed by atoms with Crippen LogP contribution in [0.2, 0.25) is 5.02 Å². The number of methoxy groups -OCH3 is 1. The Balaban J connectivity index is 1.51. The molecule has 7 heteroatoms. The number of aryl methyl sites for hydroxylation is 1. The molecule has 4 rings (SSSR count). The van der Waals surface area contributed by atoms with E-state index in [4.69, 9.17) is 21.1 Å². The lowest BCUT2D eigenvalue weighted by molar-refractivity contribution is -0.135. The Morgan fingerprint density at radius 2 is 1.89 bits per heavy atom. The lowest BCUT2D eigenvalue weighted by atomic mass is 9.77. The van der Waals surface area contributed by atoms with Crippen LogP contribution in [0.3, 0.4) is 0 Å².